The standard InChI is InChI=1S/C24H22/c1-17-12-15-21(19-8-4-3-5-9-19)16-23(17)24-18(2)13-14-20-10-6-7-11-22(20)24/h3-11,13-14,16H,12,15H2,1-2H3. The molecule has 24 heavy (non-hydrogen) atoms. The highest BCUT2D eigenvalue weighted by atomic mass is 14.2. The predicted octanol–water partition coefficient (Wildman–Crippen LogP) is 6.80. The van der Waals surface area contributed by atoms with Crippen LogP contribution in [0.5, 0.6) is 0 Å². The first-order valence-electron chi connectivity index (χ1n) is 8.68. The fraction of sp³-hybridized carbons (Fsp3) is 0.167. The number of benzene rings is 3. The third kappa shape index (κ3) is 2.59. The van der Waals surface area contributed by atoms with Crippen LogP contribution in [-0.2, 0) is 0 Å². The Morgan fingerprint density at radius 2 is 1.46 bits per heavy atom. The van der Waals surface area contributed by atoms with E-state index < -0.39 is 0 Å². The summed E-state index contributed by atoms with van der Waals surface area (Å²) in [6.45, 7) is 4.52. The van der Waals surface area contributed by atoms with Crippen LogP contribution in [-0.4, -0.2) is 0 Å². The van der Waals surface area contributed by atoms with Crippen LogP contribution in [0.3, 0.4) is 0 Å². The fourth-order valence-corrected chi connectivity index (χ4v) is 3.73. The average Bonchev–Trinajstić information content (AvgIpc) is 2.63. The van der Waals surface area contributed by atoms with Crippen LogP contribution in [0, 0.1) is 6.92 Å². The third-order valence-electron chi connectivity index (χ3n) is 5.10. The zero-order valence-corrected chi connectivity index (χ0v) is 14.3. The molecule has 0 heteroatoms. The molecule has 0 aliphatic heterocycles. The Kier molecular flexibility index (Phi) is 3.82. The van der Waals surface area contributed by atoms with E-state index in [0.29, 0.717) is 0 Å². The maximum Gasteiger partial charge on any atom is -0.00766 e. The van der Waals surface area contributed by atoms with Gasteiger partial charge in [-0.3, -0.25) is 0 Å². The topological polar surface area (TPSA) is 0 Å². The van der Waals surface area contributed by atoms with E-state index in [9.17, 15) is 0 Å². The lowest BCUT2D eigenvalue weighted by atomic mass is 9.83. The normalized spacial score (nSPS) is 14.8. The minimum absolute atomic E-state index is 1.13. The molecule has 0 saturated carbocycles. The Balaban J connectivity index is 1.93. The van der Waals surface area contributed by atoms with Gasteiger partial charge in [0.25, 0.3) is 0 Å². The van der Waals surface area contributed by atoms with Gasteiger partial charge in [0.15, 0.2) is 0 Å². The van der Waals surface area contributed by atoms with Crippen molar-refractivity contribution >= 4 is 21.9 Å². The van der Waals surface area contributed by atoms with Gasteiger partial charge in [0, 0.05) is 0 Å². The van der Waals surface area contributed by atoms with E-state index in [1.54, 1.807) is 0 Å². The Hall–Kier alpha value is -2.60. The van der Waals surface area contributed by atoms with Gasteiger partial charge >= 0.3 is 0 Å². The van der Waals surface area contributed by atoms with Gasteiger partial charge in [-0.15, -0.1) is 0 Å². The van der Waals surface area contributed by atoms with E-state index in [0.717, 1.165) is 12.8 Å². The molecule has 0 spiro atoms. The highest BCUT2D eigenvalue weighted by molar-refractivity contribution is 6.00. The summed E-state index contributed by atoms with van der Waals surface area (Å²) in [5.74, 6) is 0. The molecule has 0 atom stereocenters. The lowest BCUT2D eigenvalue weighted by molar-refractivity contribution is 0.982. The molecule has 0 fully saturated rings. The van der Waals surface area contributed by atoms with Crippen LogP contribution in [0.15, 0.2) is 78.4 Å². The van der Waals surface area contributed by atoms with E-state index in [1.807, 2.05) is 0 Å². The molecule has 0 radical (unpaired) electrons. The zero-order chi connectivity index (χ0) is 16.5. The Bertz CT molecular complexity index is 956. The molecular formula is C24H22. The summed E-state index contributed by atoms with van der Waals surface area (Å²) in [4.78, 5) is 0. The Labute approximate surface area is 144 Å². The van der Waals surface area contributed by atoms with Crippen molar-refractivity contribution in [3.05, 3.63) is 95.1 Å². The van der Waals surface area contributed by atoms with Crippen molar-refractivity contribution in [2.75, 3.05) is 0 Å². The summed E-state index contributed by atoms with van der Waals surface area (Å²) >= 11 is 0. The van der Waals surface area contributed by atoms with Crippen molar-refractivity contribution in [3.63, 3.8) is 0 Å². The predicted molar refractivity (Wildman–Crippen MR) is 105 cm³/mol. The van der Waals surface area contributed by atoms with Crippen molar-refractivity contribution in [3.8, 4) is 0 Å². The average molecular weight is 310 g/mol. The zero-order valence-electron chi connectivity index (χ0n) is 14.3. The molecule has 0 unspecified atom stereocenters. The maximum absolute atomic E-state index is 2.42. The second kappa shape index (κ2) is 6.13. The van der Waals surface area contributed by atoms with Gasteiger partial charge in [0.2, 0.25) is 0 Å². The lowest BCUT2D eigenvalue weighted by Gasteiger charge is -2.21. The van der Waals surface area contributed by atoms with Crippen molar-refractivity contribution in [2.24, 2.45) is 0 Å². The second-order valence-corrected chi connectivity index (χ2v) is 6.71. The van der Waals surface area contributed by atoms with Crippen molar-refractivity contribution in [1.82, 2.24) is 0 Å². The van der Waals surface area contributed by atoms with Crippen LogP contribution in [0.1, 0.15) is 36.5 Å². The molecule has 0 nitrogen and oxygen atoms in total. The molecule has 0 bridgehead atoms. The molecule has 0 saturated heterocycles. The van der Waals surface area contributed by atoms with E-state index in [1.165, 1.54) is 44.2 Å². The quantitative estimate of drug-likeness (QED) is 0.488. The molecule has 0 amide bonds. The smallest absolute Gasteiger partial charge is 0.00766 e. The second-order valence-electron chi connectivity index (χ2n) is 6.71. The minimum Gasteiger partial charge on any atom is -0.0651 e. The van der Waals surface area contributed by atoms with Crippen LogP contribution in [0.25, 0.3) is 21.9 Å². The highest BCUT2D eigenvalue weighted by Crippen LogP contribution is 2.38. The number of rotatable bonds is 2. The molecular weight excluding hydrogens is 288 g/mol. The van der Waals surface area contributed by atoms with E-state index in [2.05, 4.69) is 86.7 Å². The van der Waals surface area contributed by atoms with Gasteiger partial charge in [-0.2, -0.15) is 0 Å². The largest absolute Gasteiger partial charge is 0.0651 e. The third-order valence-corrected chi connectivity index (χ3v) is 5.10. The van der Waals surface area contributed by atoms with Crippen molar-refractivity contribution < 1.29 is 0 Å². The highest BCUT2D eigenvalue weighted by Gasteiger charge is 2.16. The molecule has 1 aliphatic rings. The molecule has 3 aromatic carbocycles. The van der Waals surface area contributed by atoms with Crippen LogP contribution in [0.4, 0.5) is 0 Å². The van der Waals surface area contributed by atoms with Crippen molar-refractivity contribution in [1.29, 1.82) is 0 Å². The van der Waals surface area contributed by atoms with Crippen LogP contribution in [0.2, 0.25) is 0 Å². The Morgan fingerprint density at radius 3 is 2.29 bits per heavy atom. The first-order valence-corrected chi connectivity index (χ1v) is 8.68. The first kappa shape index (κ1) is 15.0. The van der Waals surface area contributed by atoms with Crippen molar-refractivity contribution in [2.45, 2.75) is 26.7 Å². The number of fused-ring (bicyclic) bond motifs is 1. The summed E-state index contributed by atoms with van der Waals surface area (Å²) in [6.07, 6.45) is 4.69. The summed E-state index contributed by atoms with van der Waals surface area (Å²) in [5.41, 5.74) is 8.46. The van der Waals surface area contributed by atoms with Crippen LogP contribution < -0.4 is 0 Å². The van der Waals surface area contributed by atoms with E-state index in [-0.39, 0.29) is 0 Å². The van der Waals surface area contributed by atoms with Gasteiger partial charge in [-0.05, 0) is 65.3 Å². The summed E-state index contributed by atoms with van der Waals surface area (Å²) in [6, 6.07) is 24.0. The van der Waals surface area contributed by atoms with E-state index in [4.69, 9.17) is 0 Å². The summed E-state index contributed by atoms with van der Waals surface area (Å²) in [5, 5.41) is 2.68. The molecule has 1 aliphatic carbocycles. The van der Waals surface area contributed by atoms with Gasteiger partial charge in [0.1, 0.15) is 0 Å². The van der Waals surface area contributed by atoms with Gasteiger partial charge in [-0.1, -0.05) is 78.4 Å². The lowest BCUT2D eigenvalue weighted by Crippen LogP contribution is -1.99. The molecule has 3 aromatic rings. The number of allylic oxidation sites excluding steroid dienone is 4. The minimum atomic E-state index is 1.13. The van der Waals surface area contributed by atoms with E-state index >= 15 is 0 Å². The maximum atomic E-state index is 2.42. The first-order chi connectivity index (χ1) is 11.7. The number of hydrogen-bond donors (Lipinski definition) is 0. The Morgan fingerprint density at radius 1 is 0.708 bits per heavy atom. The van der Waals surface area contributed by atoms with Gasteiger partial charge in [-0.25, -0.2) is 0 Å². The molecule has 4 rings (SSSR count). The van der Waals surface area contributed by atoms with Crippen LogP contribution >= 0.6 is 0 Å². The van der Waals surface area contributed by atoms with Gasteiger partial charge < -0.3 is 0 Å². The molecule has 0 N–H and O–H groups in total. The monoisotopic (exact) mass is 310 g/mol. The summed E-state index contributed by atoms with van der Waals surface area (Å²) in [7, 11) is 0. The van der Waals surface area contributed by atoms with Gasteiger partial charge in [0.05, 0.1) is 0 Å². The molecule has 118 valence electrons. The SMILES string of the molecule is CC1=C(c2c(C)ccc3ccccc23)C=C(c2ccccc2)CC1. The number of hydrogen-bond acceptors (Lipinski definition) is 0. The molecule has 0 heterocycles. The summed E-state index contributed by atoms with van der Waals surface area (Å²) < 4.78 is 0. The number of aryl methyl sites for hydroxylation is 1. The fourth-order valence-electron chi connectivity index (χ4n) is 3.73. The molecule has 0 aromatic heterocycles.